The molecule has 5 nitrogen and oxygen atoms in total. The first-order valence-electron chi connectivity index (χ1n) is 7.13. The van der Waals surface area contributed by atoms with Crippen molar-refractivity contribution in [1.29, 1.82) is 0 Å². The molecule has 122 valence electrons. The van der Waals surface area contributed by atoms with Crippen molar-refractivity contribution < 1.29 is 19.0 Å². The van der Waals surface area contributed by atoms with E-state index in [1.165, 1.54) is 12.1 Å². The molecule has 0 radical (unpaired) electrons. The Hall–Kier alpha value is -2.60. The number of aliphatic hydroxyl groups is 1. The number of carbonyl (C=O) groups is 1. The molecule has 1 amide bonds. The third kappa shape index (κ3) is 4.43. The van der Waals surface area contributed by atoms with E-state index in [1.807, 2.05) is 0 Å². The zero-order chi connectivity index (χ0) is 16.8. The average molecular weight is 318 g/mol. The number of nitrogens with one attached hydrogen (secondary N) is 1. The summed E-state index contributed by atoms with van der Waals surface area (Å²) in [4.78, 5) is 13.9. The van der Waals surface area contributed by atoms with Crippen molar-refractivity contribution >= 4 is 17.3 Å². The molecule has 2 aromatic carbocycles. The Balaban J connectivity index is 2.07. The number of hydrogen-bond acceptors (Lipinski definition) is 4. The number of benzene rings is 2. The van der Waals surface area contributed by atoms with E-state index in [-0.39, 0.29) is 18.8 Å². The van der Waals surface area contributed by atoms with Gasteiger partial charge in [-0.3, -0.25) is 4.79 Å². The van der Waals surface area contributed by atoms with Crippen molar-refractivity contribution in [2.45, 2.75) is 0 Å². The lowest BCUT2D eigenvalue weighted by Gasteiger charge is -2.13. The maximum absolute atomic E-state index is 14.0. The molecule has 0 saturated heterocycles. The molecule has 2 aromatic rings. The fraction of sp³-hybridized carbons (Fsp3) is 0.235. The normalized spacial score (nSPS) is 10.3. The van der Waals surface area contributed by atoms with Gasteiger partial charge in [-0.1, -0.05) is 0 Å². The van der Waals surface area contributed by atoms with Crippen LogP contribution in [0.4, 0.5) is 15.8 Å². The predicted molar refractivity (Wildman–Crippen MR) is 87.7 cm³/mol. The molecule has 0 aromatic heterocycles. The maximum Gasteiger partial charge on any atom is 0.258 e. The van der Waals surface area contributed by atoms with Gasteiger partial charge >= 0.3 is 0 Å². The Bertz CT molecular complexity index is 672. The smallest absolute Gasteiger partial charge is 0.258 e. The molecular weight excluding hydrogens is 299 g/mol. The number of carbonyl (C=O) groups excluding carboxylic acids is 1. The SMILES string of the molecule is CN(C)c1ccc(C(=O)Nc2ccc(OCCO)cc2)c(F)c1. The molecule has 2 N–H and O–H groups in total. The molecule has 0 aliphatic heterocycles. The van der Waals surface area contributed by atoms with Gasteiger partial charge < -0.3 is 20.1 Å². The number of nitrogens with zero attached hydrogens (tertiary/aromatic N) is 1. The summed E-state index contributed by atoms with van der Waals surface area (Å²) in [6, 6.07) is 11.1. The van der Waals surface area contributed by atoms with Crippen LogP contribution in [-0.4, -0.2) is 38.3 Å². The van der Waals surface area contributed by atoms with Crippen LogP contribution in [0.3, 0.4) is 0 Å². The highest BCUT2D eigenvalue weighted by Gasteiger charge is 2.13. The van der Waals surface area contributed by atoms with E-state index < -0.39 is 11.7 Å². The third-order valence-corrected chi connectivity index (χ3v) is 3.19. The minimum atomic E-state index is -0.573. The zero-order valence-electron chi connectivity index (χ0n) is 13.0. The van der Waals surface area contributed by atoms with Crippen molar-refractivity contribution in [1.82, 2.24) is 0 Å². The molecule has 0 unspecified atom stereocenters. The Kier molecular flexibility index (Phi) is 5.54. The van der Waals surface area contributed by atoms with E-state index in [2.05, 4.69) is 5.32 Å². The standard InChI is InChI=1S/C17H19FN2O3/c1-20(2)13-5-8-15(16(18)11-13)17(22)19-12-3-6-14(7-4-12)23-10-9-21/h3-8,11,21H,9-10H2,1-2H3,(H,19,22). The topological polar surface area (TPSA) is 61.8 Å². The summed E-state index contributed by atoms with van der Waals surface area (Å²) in [7, 11) is 3.60. The average Bonchev–Trinajstić information content (AvgIpc) is 2.53. The largest absolute Gasteiger partial charge is 0.491 e. The molecule has 0 bridgehead atoms. The maximum atomic E-state index is 14.0. The summed E-state index contributed by atoms with van der Waals surface area (Å²) in [5.41, 5.74) is 1.20. The Morgan fingerprint density at radius 3 is 2.48 bits per heavy atom. The minimum Gasteiger partial charge on any atom is -0.491 e. The van der Waals surface area contributed by atoms with Crippen LogP contribution in [0.5, 0.6) is 5.75 Å². The quantitative estimate of drug-likeness (QED) is 0.859. The highest BCUT2D eigenvalue weighted by Crippen LogP contribution is 2.19. The van der Waals surface area contributed by atoms with Crippen LogP contribution >= 0.6 is 0 Å². The monoisotopic (exact) mass is 318 g/mol. The number of anilines is 2. The van der Waals surface area contributed by atoms with E-state index in [9.17, 15) is 9.18 Å². The summed E-state index contributed by atoms with van der Waals surface area (Å²) in [5.74, 6) is -0.507. The second-order valence-electron chi connectivity index (χ2n) is 5.11. The molecule has 0 aliphatic carbocycles. The van der Waals surface area contributed by atoms with Gasteiger partial charge in [-0.25, -0.2) is 4.39 Å². The molecule has 0 atom stereocenters. The van der Waals surface area contributed by atoms with Gasteiger partial charge in [0.05, 0.1) is 12.2 Å². The Labute approximate surface area is 134 Å². The minimum absolute atomic E-state index is 0.0174. The van der Waals surface area contributed by atoms with E-state index in [0.717, 1.165) is 0 Å². The van der Waals surface area contributed by atoms with Crippen LogP contribution in [0.2, 0.25) is 0 Å². The van der Waals surface area contributed by atoms with Crippen molar-refractivity contribution in [2.75, 3.05) is 37.5 Å². The zero-order valence-corrected chi connectivity index (χ0v) is 13.0. The van der Waals surface area contributed by atoms with Gasteiger partial charge in [0.25, 0.3) is 5.91 Å². The molecule has 0 fully saturated rings. The fourth-order valence-corrected chi connectivity index (χ4v) is 1.96. The molecular formula is C17H19FN2O3. The number of hydrogen-bond donors (Lipinski definition) is 2. The number of ether oxygens (including phenoxy) is 1. The lowest BCUT2D eigenvalue weighted by molar-refractivity contribution is 0.102. The Morgan fingerprint density at radius 2 is 1.91 bits per heavy atom. The number of aliphatic hydroxyl groups excluding tert-OH is 1. The summed E-state index contributed by atoms with van der Waals surface area (Å²) in [5, 5.41) is 11.3. The van der Waals surface area contributed by atoms with E-state index >= 15 is 0 Å². The summed E-state index contributed by atoms with van der Waals surface area (Å²) in [6.45, 7) is 0.135. The third-order valence-electron chi connectivity index (χ3n) is 3.19. The van der Waals surface area contributed by atoms with Gasteiger partial charge in [-0.15, -0.1) is 0 Å². The van der Waals surface area contributed by atoms with Gasteiger partial charge in [-0.05, 0) is 42.5 Å². The lowest BCUT2D eigenvalue weighted by Crippen LogP contribution is -2.15. The van der Waals surface area contributed by atoms with Crippen LogP contribution in [-0.2, 0) is 0 Å². The summed E-state index contributed by atoms with van der Waals surface area (Å²) >= 11 is 0. The number of rotatable bonds is 6. The van der Waals surface area contributed by atoms with Gasteiger partial charge in [0, 0.05) is 25.5 Å². The van der Waals surface area contributed by atoms with Crippen LogP contribution in [0, 0.1) is 5.82 Å². The number of amides is 1. The van der Waals surface area contributed by atoms with Crippen LogP contribution < -0.4 is 15.0 Å². The predicted octanol–water partition coefficient (Wildman–Crippen LogP) is 2.52. The van der Waals surface area contributed by atoms with Crippen molar-refractivity contribution in [3.05, 3.63) is 53.8 Å². The molecule has 6 heteroatoms. The van der Waals surface area contributed by atoms with Crippen LogP contribution in [0.15, 0.2) is 42.5 Å². The van der Waals surface area contributed by atoms with E-state index in [0.29, 0.717) is 17.1 Å². The molecule has 0 saturated carbocycles. The first-order chi connectivity index (χ1) is 11.0. The summed E-state index contributed by atoms with van der Waals surface area (Å²) in [6.07, 6.45) is 0. The van der Waals surface area contributed by atoms with Gasteiger partial charge in [0.15, 0.2) is 0 Å². The van der Waals surface area contributed by atoms with E-state index in [1.54, 1.807) is 49.3 Å². The van der Waals surface area contributed by atoms with Crippen molar-refractivity contribution in [3.8, 4) is 5.75 Å². The van der Waals surface area contributed by atoms with Gasteiger partial charge in [-0.2, -0.15) is 0 Å². The first-order valence-corrected chi connectivity index (χ1v) is 7.13. The van der Waals surface area contributed by atoms with Crippen LogP contribution in [0.1, 0.15) is 10.4 Å². The molecule has 23 heavy (non-hydrogen) atoms. The Morgan fingerprint density at radius 1 is 1.22 bits per heavy atom. The van der Waals surface area contributed by atoms with Crippen molar-refractivity contribution in [3.63, 3.8) is 0 Å². The van der Waals surface area contributed by atoms with Gasteiger partial charge in [0.1, 0.15) is 18.2 Å². The molecule has 0 spiro atoms. The number of halogens is 1. The van der Waals surface area contributed by atoms with Crippen molar-refractivity contribution in [2.24, 2.45) is 0 Å². The highest BCUT2D eigenvalue weighted by molar-refractivity contribution is 6.04. The molecule has 0 heterocycles. The van der Waals surface area contributed by atoms with E-state index in [4.69, 9.17) is 9.84 Å². The molecule has 2 rings (SSSR count). The van der Waals surface area contributed by atoms with Gasteiger partial charge in [0.2, 0.25) is 0 Å². The summed E-state index contributed by atoms with van der Waals surface area (Å²) < 4.78 is 19.3. The molecule has 0 aliphatic rings. The second-order valence-corrected chi connectivity index (χ2v) is 5.11. The fourth-order valence-electron chi connectivity index (χ4n) is 1.96. The second kappa shape index (κ2) is 7.60. The highest BCUT2D eigenvalue weighted by atomic mass is 19.1. The first kappa shape index (κ1) is 16.8. The van der Waals surface area contributed by atoms with Crippen LogP contribution in [0.25, 0.3) is 0 Å². The lowest BCUT2D eigenvalue weighted by atomic mass is 10.1.